The quantitative estimate of drug-likeness (QED) is 0.245. The molecule has 6 nitrogen and oxygen atoms in total. The van der Waals surface area contributed by atoms with Crippen LogP contribution in [0.1, 0.15) is 10.4 Å². The van der Waals surface area contributed by atoms with Crippen molar-refractivity contribution in [1.82, 2.24) is 0 Å². The zero-order chi connectivity index (χ0) is 15.0. The SMILES string of the molecule is C=CC(=O)OCCOc1ccc(C(=O)C(=O)OC)cc1. The van der Waals surface area contributed by atoms with E-state index in [0.717, 1.165) is 13.2 Å². The Labute approximate surface area is 115 Å². The molecule has 0 aliphatic rings. The van der Waals surface area contributed by atoms with Crippen LogP contribution < -0.4 is 4.74 Å². The van der Waals surface area contributed by atoms with E-state index >= 15 is 0 Å². The topological polar surface area (TPSA) is 78.9 Å². The number of benzene rings is 1. The van der Waals surface area contributed by atoms with Gasteiger partial charge in [0.1, 0.15) is 19.0 Å². The van der Waals surface area contributed by atoms with E-state index in [2.05, 4.69) is 11.3 Å². The van der Waals surface area contributed by atoms with Crippen molar-refractivity contribution in [1.29, 1.82) is 0 Å². The Hall–Kier alpha value is -2.63. The summed E-state index contributed by atoms with van der Waals surface area (Å²) in [5.74, 6) is -1.68. The summed E-state index contributed by atoms with van der Waals surface area (Å²) in [4.78, 5) is 33.3. The zero-order valence-electron chi connectivity index (χ0n) is 11.0. The van der Waals surface area contributed by atoms with Crippen molar-refractivity contribution in [3.05, 3.63) is 42.5 Å². The summed E-state index contributed by atoms with van der Waals surface area (Å²) >= 11 is 0. The average Bonchev–Trinajstić information content (AvgIpc) is 2.50. The zero-order valence-corrected chi connectivity index (χ0v) is 11.0. The fourth-order valence-corrected chi connectivity index (χ4v) is 1.27. The van der Waals surface area contributed by atoms with E-state index in [0.29, 0.717) is 5.75 Å². The van der Waals surface area contributed by atoms with Crippen LogP contribution in [0.5, 0.6) is 5.75 Å². The van der Waals surface area contributed by atoms with E-state index in [1.54, 1.807) is 0 Å². The van der Waals surface area contributed by atoms with Crippen LogP contribution in [0, 0.1) is 0 Å². The lowest BCUT2D eigenvalue weighted by molar-refractivity contribution is -0.138. The molecule has 0 atom stereocenters. The third kappa shape index (κ3) is 4.56. The van der Waals surface area contributed by atoms with Gasteiger partial charge in [-0.05, 0) is 24.3 Å². The molecule has 1 aromatic carbocycles. The minimum absolute atomic E-state index is 0.0910. The molecule has 1 rings (SSSR count). The highest BCUT2D eigenvalue weighted by molar-refractivity contribution is 6.40. The van der Waals surface area contributed by atoms with Crippen LogP contribution in [0.2, 0.25) is 0 Å². The molecule has 6 heteroatoms. The van der Waals surface area contributed by atoms with Crippen molar-refractivity contribution in [2.24, 2.45) is 0 Å². The Morgan fingerprint density at radius 1 is 1.15 bits per heavy atom. The van der Waals surface area contributed by atoms with E-state index < -0.39 is 17.7 Å². The fourth-order valence-electron chi connectivity index (χ4n) is 1.27. The molecule has 0 saturated carbocycles. The minimum atomic E-state index is -0.921. The van der Waals surface area contributed by atoms with Crippen molar-refractivity contribution in [3.8, 4) is 5.75 Å². The van der Waals surface area contributed by atoms with Gasteiger partial charge in [0.25, 0.3) is 5.78 Å². The lowest BCUT2D eigenvalue weighted by Crippen LogP contribution is -2.15. The van der Waals surface area contributed by atoms with E-state index in [4.69, 9.17) is 9.47 Å². The van der Waals surface area contributed by atoms with Gasteiger partial charge in [0.05, 0.1) is 7.11 Å². The number of hydrogen-bond donors (Lipinski definition) is 0. The molecule has 0 aliphatic carbocycles. The lowest BCUT2D eigenvalue weighted by atomic mass is 10.1. The molecule has 0 unspecified atom stereocenters. The molecule has 1 aromatic rings. The molecular weight excluding hydrogens is 264 g/mol. The summed E-state index contributed by atoms with van der Waals surface area (Å²) in [7, 11) is 1.14. The highest BCUT2D eigenvalue weighted by atomic mass is 16.6. The summed E-state index contributed by atoms with van der Waals surface area (Å²) in [6.07, 6.45) is 1.06. The van der Waals surface area contributed by atoms with E-state index in [1.165, 1.54) is 24.3 Å². The number of esters is 2. The monoisotopic (exact) mass is 278 g/mol. The Kier molecular flexibility index (Phi) is 5.96. The molecule has 0 aromatic heterocycles. The van der Waals surface area contributed by atoms with Gasteiger partial charge in [-0.1, -0.05) is 6.58 Å². The normalized spacial score (nSPS) is 9.45. The number of hydrogen-bond acceptors (Lipinski definition) is 6. The van der Waals surface area contributed by atoms with Gasteiger partial charge in [-0.25, -0.2) is 9.59 Å². The van der Waals surface area contributed by atoms with Crippen molar-refractivity contribution in [3.63, 3.8) is 0 Å². The first-order valence-corrected chi connectivity index (χ1v) is 5.73. The van der Waals surface area contributed by atoms with E-state index in [1.807, 2.05) is 0 Å². The molecule has 0 fully saturated rings. The van der Waals surface area contributed by atoms with Gasteiger partial charge in [0.2, 0.25) is 0 Å². The second kappa shape index (κ2) is 7.73. The number of carbonyl (C=O) groups is 3. The van der Waals surface area contributed by atoms with Crippen LogP contribution >= 0.6 is 0 Å². The molecule has 0 aliphatic heterocycles. The van der Waals surface area contributed by atoms with Gasteiger partial charge in [-0.3, -0.25) is 4.79 Å². The molecule has 0 saturated heterocycles. The van der Waals surface area contributed by atoms with Gasteiger partial charge in [0, 0.05) is 11.6 Å². The fraction of sp³-hybridized carbons (Fsp3) is 0.214. The third-order valence-corrected chi connectivity index (χ3v) is 2.25. The molecule has 106 valence electrons. The summed E-state index contributed by atoms with van der Waals surface area (Å²) in [6.45, 7) is 3.52. The maximum absolute atomic E-state index is 11.5. The van der Waals surface area contributed by atoms with Gasteiger partial charge < -0.3 is 14.2 Å². The van der Waals surface area contributed by atoms with Crippen molar-refractivity contribution in [2.45, 2.75) is 0 Å². The van der Waals surface area contributed by atoms with Crippen LogP contribution in [-0.2, 0) is 19.1 Å². The van der Waals surface area contributed by atoms with Crippen molar-refractivity contribution >= 4 is 17.7 Å². The van der Waals surface area contributed by atoms with Crippen LogP contribution in [0.15, 0.2) is 36.9 Å². The van der Waals surface area contributed by atoms with Gasteiger partial charge in [-0.2, -0.15) is 0 Å². The molecule has 0 N–H and O–H groups in total. The third-order valence-electron chi connectivity index (χ3n) is 2.25. The Morgan fingerprint density at radius 3 is 2.35 bits per heavy atom. The number of ketones is 1. The summed E-state index contributed by atoms with van der Waals surface area (Å²) in [5, 5.41) is 0. The first-order chi connectivity index (χ1) is 9.58. The standard InChI is InChI=1S/C14H14O6/c1-3-12(15)20-9-8-19-11-6-4-10(5-7-11)13(16)14(17)18-2/h3-7H,1,8-9H2,2H3. The number of ether oxygens (including phenoxy) is 3. The maximum Gasteiger partial charge on any atom is 0.379 e. The van der Waals surface area contributed by atoms with Gasteiger partial charge in [0.15, 0.2) is 0 Å². The van der Waals surface area contributed by atoms with Crippen LogP contribution in [0.3, 0.4) is 0 Å². The van der Waals surface area contributed by atoms with Crippen LogP contribution in [-0.4, -0.2) is 38.0 Å². The first-order valence-electron chi connectivity index (χ1n) is 5.73. The van der Waals surface area contributed by atoms with Gasteiger partial charge >= 0.3 is 11.9 Å². The Morgan fingerprint density at radius 2 is 1.80 bits per heavy atom. The average molecular weight is 278 g/mol. The second-order valence-electron chi connectivity index (χ2n) is 3.57. The molecular formula is C14H14O6. The molecule has 0 heterocycles. The highest BCUT2D eigenvalue weighted by Crippen LogP contribution is 2.12. The van der Waals surface area contributed by atoms with Gasteiger partial charge in [-0.15, -0.1) is 0 Å². The summed E-state index contributed by atoms with van der Waals surface area (Å²) in [5.41, 5.74) is 0.210. The van der Waals surface area contributed by atoms with E-state index in [9.17, 15) is 14.4 Å². The number of rotatable bonds is 7. The molecule has 0 radical (unpaired) electrons. The highest BCUT2D eigenvalue weighted by Gasteiger charge is 2.16. The van der Waals surface area contributed by atoms with Crippen molar-refractivity contribution < 1.29 is 28.6 Å². The minimum Gasteiger partial charge on any atom is -0.490 e. The molecule has 0 spiro atoms. The largest absolute Gasteiger partial charge is 0.490 e. The number of methoxy groups -OCH3 is 1. The molecule has 20 heavy (non-hydrogen) atoms. The van der Waals surface area contributed by atoms with Crippen LogP contribution in [0.4, 0.5) is 0 Å². The smallest absolute Gasteiger partial charge is 0.379 e. The van der Waals surface area contributed by atoms with Crippen molar-refractivity contribution in [2.75, 3.05) is 20.3 Å². The summed E-state index contributed by atoms with van der Waals surface area (Å²) < 4.78 is 14.3. The second-order valence-corrected chi connectivity index (χ2v) is 3.57. The maximum atomic E-state index is 11.5. The first kappa shape index (κ1) is 15.4. The molecule has 0 bridgehead atoms. The number of carbonyl (C=O) groups excluding carboxylic acids is 3. The summed E-state index contributed by atoms with van der Waals surface area (Å²) in [6, 6.07) is 5.96. The van der Waals surface area contributed by atoms with Crippen LogP contribution in [0.25, 0.3) is 0 Å². The predicted octanol–water partition coefficient (Wildman–Crippen LogP) is 1.15. The Bertz CT molecular complexity index is 503. The predicted molar refractivity (Wildman–Crippen MR) is 69.4 cm³/mol. The number of Topliss-reactive ketones (excluding diaryl/α,β-unsaturated/α-hetero) is 1. The van der Waals surface area contributed by atoms with E-state index in [-0.39, 0.29) is 18.8 Å². The Balaban J connectivity index is 2.47. The lowest BCUT2D eigenvalue weighted by Gasteiger charge is -2.06. The molecule has 0 amide bonds.